The van der Waals surface area contributed by atoms with Crippen LogP contribution in [0.4, 0.5) is 0 Å². The lowest BCUT2D eigenvalue weighted by atomic mass is 9.93. The average molecular weight is 364 g/mol. The minimum absolute atomic E-state index is 0.372. The summed E-state index contributed by atoms with van der Waals surface area (Å²) < 4.78 is 6.35. The lowest BCUT2D eigenvalue weighted by molar-refractivity contribution is 0.0981. The van der Waals surface area contributed by atoms with Crippen LogP contribution in [0.2, 0.25) is 0 Å². The van der Waals surface area contributed by atoms with E-state index in [1.807, 2.05) is 63.2 Å². The zero-order valence-electron chi connectivity index (χ0n) is 13.4. The minimum atomic E-state index is -0.831. The maximum Gasteiger partial charge on any atom is 0.135 e. The molecule has 0 fully saturated rings. The second-order valence-electron chi connectivity index (χ2n) is 5.88. The molecule has 0 aliphatic carbocycles. The van der Waals surface area contributed by atoms with Crippen molar-refractivity contribution in [2.75, 3.05) is 7.11 Å². The van der Waals surface area contributed by atoms with Crippen molar-refractivity contribution < 1.29 is 9.84 Å². The molecule has 2 aromatic rings. The monoisotopic (exact) mass is 363 g/mol. The van der Waals surface area contributed by atoms with E-state index in [4.69, 9.17) is 4.74 Å². The Labute approximate surface area is 140 Å². The van der Waals surface area contributed by atoms with Gasteiger partial charge in [0.2, 0.25) is 0 Å². The van der Waals surface area contributed by atoms with Crippen molar-refractivity contribution in [2.45, 2.75) is 32.5 Å². The van der Waals surface area contributed by atoms with Crippen molar-refractivity contribution >= 4 is 15.9 Å². The fourth-order valence-corrected chi connectivity index (χ4v) is 2.78. The number of aliphatic hydroxyl groups is 1. The molecule has 0 bridgehead atoms. The Balaban J connectivity index is 2.29. The molecule has 1 atom stereocenters. The Morgan fingerprint density at radius 3 is 2.41 bits per heavy atom. The van der Waals surface area contributed by atoms with E-state index in [9.17, 15) is 5.11 Å². The van der Waals surface area contributed by atoms with Crippen LogP contribution < -0.4 is 10.1 Å². The van der Waals surface area contributed by atoms with E-state index >= 15 is 0 Å². The largest absolute Gasteiger partial charge is 0.496 e. The van der Waals surface area contributed by atoms with Gasteiger partial charge in [-0.1, -0.05) is 46.3 Å². The first-order valence-electron chi connectivity index (χ1n) is 7.20. The van der Waals surface area contributed by atoms with Crippen LogP contribution in [0.15, 0.2) is 46.9 Å². The summed E-state index contributed by atoms with van der Waals surface area (Å²) in [5, 5.41) is 13.9. The van der Waals surface area contributed by atoms with E-state index in [1.54, 1.807) is 7.11 Å². The highest BCUT2D eigenvalue weighted by Crippen LogP contribution is 2.32. The molecule has 4 heteroatoms. The fraction of sp³-hybridized carbons (Fsp3) is 0.333. The van der Waals surface area contributed by atoms with Gasteiger partial charge in [0.25, 0.3) is 0 Å². The lowest BCUT2D eigenvalue weighted by Crippen LogP contribution is -2.39. The van der Waals surface area contributed by atoms with Crippen LogP contribution >= 0.6 is 15.9 Å². The zero-order valence-corrected chi connectivity index (χ0v) is 14.9. The molecular weight excluding hydrogens is 342 g/mol. The third-order valence-corrected chi connectivity index (χ3v) is 4.65. The van der Waals surface area contributed by atoms with Crippen molar-refractivity contribution in [3.05, 3.63) is 63.6 Å². The van der Waals surface area contributed by atoms with E-state index in [2.05, 4.69) is 21.2 Å². The van der Waals surface area contributed by atoms with Gasteiger partial charge in [0.15, 0.2) is 0 Å². The summed E-state index contributed by atoms with van der Waals surface area (Å²) in [7, 11) is 1.61. The van der Waals surface area contributed by atoms with Gasteiger partial charge in [-0.15, -0.1) is 0 Å². The molecule has 1 unspecified atom stereocenters. The van der Waals surface area contributed by atoms with Crippen LogP contribution in [0.1, 0.15) is 36.8 Å². The van der Waals surface area contributed by atoms with Crippen LogP contribution in [-0.4, -0.2) is 12.2 Å². The summed E-state index contributed by atoms with van der Waals surface area (Å²) in [4.78, 5) is 0. The molecule has 0 heterocycles. The van der Waals surface area contributed by atoms with Crippen LogP contribution in [0.3, 0.4) is 0 Å². The lowest BCUT2D eigenvalue weighted by Gasteiger charge is -2.31. The Bertz CT molecular complexity index is 641. The number of ether oxygens (including phenoxy) is 1. The number of rotatable bonds is 5. The zero-order chi connectivity index (χ0) is 16.3. The van der Waals surface area contributed by atoms with Gasteiger partial charge in [-0.25, -0.2) is 0 Å². The van der Waals surface area contributed by atoms with Gasteiger partial charge in [0.05, 0.1) is 7.11 Å². The Kier molecular flexibility index (Phi) is 5.27. The van der Waals surface area contributed by atoms with E-state index in [-0.39, 0.29) is 5.54 Å². The van der Waals surface area contributed by atoms with Gasteiger partial charge in [0, 0.05) is 15.6 Å². The first-order chi connectivity index (χ1) is 10.3. The maximum absolute atomic E-state index is 10.6. The van der Waals surface area contributed by atoms with Crippen LogP contribution in [0, 0.1) is 6.92 Å². The smallest absolute Gasteiger partial charge is 0.135 e. The van der Waals surface area contributed by atoms with Crippen LogP contribution in [-0.2, 0) is 5.54 Å². The van der Waals surface area contributed by atoms with Gasteiger partial charge in [-0.2, -0.15) is 0 Å². The predicted octanol–water partition coefficient (Wildman–Crippen LogP) is 4.28. The SMILES string of the molecule is COc1cc(C)c(Br)cc1C(O)NC(C)(C)c1ccccc1. The number of halogens is 1. The van der Waals surface area contributed by atoms with E-state index in [0.717, 1.165) is 15.6 Å². The van der Waals surface area contributed by atoms with Crippen molar-refractivity contribution in [1.82, 2.24) is 5.32 Å². The molecular formula is C18H22BrNO2. The molecule has 0 aliphatic heterocycles. The number of aryl methyl sites for hydroxylation is 1. The fourth-order valence-electron chi connectivity index (χ4n) is 2.42. The Morgan fingerprint density at radius 1 is 1.18 bits per heavy atom. The molecule has 0 saturated heterocycles. The summed E-state index contributed by atoms with van der Waals surface area (Å²) in [5.41, 5.74) is 2.52. The molecule has 22 heavy (non-hydrogen) atoms. The van der Waals surface area contributed by atoms with Crippen molar-refractivity contribution in [3.8, 4) is 5.75 Å². The average Bonchev–Trinajstić information content (AvgIpc) is 2.50. The molecule has 0 saturated carbocycles. The quantitative estimate of drug-likeness (QED) is 0.778. The summed E-state index contributed by atoms with van der Waals surface area (Å²) in [6, 6.07) is 13.9. The molecule has 2 aromatic carbocycles. The second-order valence-corrected chi connectivity index (χ2v) is 6.74. The molecule has 3 nitrogen and oxygen atoms in total. The maximum atomic E-state index is 10.6. The molecule has 2 rings (SSSR count). The summed E-state index contributed by atoms with van der Waals surface area (Å²) in [5.74, 6) is 0.671. The highest BCUT2D eigenvalue weighted by atomic mass is 79.9. The first-order valence-corrected chi connectivity index (χ1v) is 8.00. The van der Waals surface area contributed by atoms with Crippen molar-refractivity contribution in [1.29, 1.82) is 0 Å². The normalized spacial score (nSPS) is 13.0. The van der Waals surface area contributed by atoms with Gasteiger partial charge >= 0.3 is 0 Å². The molecule has 0 aliphatic rings. The van der Waals surface area contributed by atoms with Gasteiger partial charge in [-0.05, 0) is 44.0 Å². The first kappa shape index (κ1) is 17.0. The number of hydrogen-bond acceptors (Lipinski definition) is 3. The molecule has 0 radical (unpaired) electrons. The standard InChI is InChI=1S/C18H22BrNO2/c1-12-10-16(22-4)14(11-15(12)19)17(21)20-18(2,3)13-8-6-5-7-9-13/h5-11,17,20-21H,1-4H3. The highest BCUT2D eigenvalue weighted by Gasteiger charge is 2.25. The third-order valence-electron chi connectivity index (χ3n) is 3.80. The Morgan fingerprint density at radius 2 is 1.82 bits per heavy atom. The molecule has 2 N–H and O–H groups in total. The summed E-state index contributed by atoms with van der Waals surface area (Å²) in [6.07, 6.45) is -0.831. The summed E-state index contributed by atoms with van der Waals surface area (Å²) in [6.45, 7) is 6.08. The number of benzene rings is 2. The van der Waals surface area contributed by atoms with E-state index < -0.39 is 6.23 Å². The van der Waals surface area contributed by atoms with Gasteiger partial charge in [-0.3, -0.25) is 5.32 Å². The van der Waals surface area contributed by atoms with Crippen LogP contribution in [0.25, 0.3) is 0 Å². The van der Waals surface area contributed by atoms with E-state index in [1.165, 1.54) is 0 Å². The highest BCUT2D eigenvalue weighted by molar-refractivity contribution is 9.10. The predicted molar refractivity (Wildman–Crippen MR) is 93.0 cm³/mol. The number of methoxy groups -OCH3 is 1. The number of hydrogen-bond donors (Lipinski definition) is 2. The minimum Gasteiger partial charge on any atom is -0.496 e. The summed E-state index contributed by atoms with van der Waals surface area (Å²) >= 11 is 3.51. The third kappa shape index (κ3) is 3.69. The Hall–Kier alpha value is -1.36. The van der Waals surface area contributed by atoms with Gasteiger partial charge in [0.1, 0.15) is 12.0 Å². The van der Waals surface area contributed by atoms with Crippen molar-refractivity contribution in [3.63, 3.8) is 0 Å². The van der Waals surface area contributed by atoms with Crippen molar-refractivity contribution in [2.24, 2.45) is 0 Å². The number of aliphatic hydroxyl groups excluding tert-OH is 1. The second kappa shape index (κ2) is 6.82. The van der Waals surface area contributed by atoms with Crippen LogP contribution in [0.5, 0.6) is 5.75 Å². The molecule has 0 amide bonds. The molecule has 0 spiro atoms. The molecule has 0 aromatic heterocycles. The molecule has 118 valence electrons. The topological polar surface area (TPSA) is 41.5 Å². The van der Waals surface area contributed by atoms with E-state index in [0.29, 0.717) is 11.3 Å². The van der Waals surface area contributed by atoms with Gasteiger partial charge < -0.3 is 9.84 Å². The number of nitrogens with one attached hydrogen (secondary N) is 1.